The summed E-state index contributed by atoms with van der Waals surface area (Å²) in [5, 5.41) is 2.91. The van der Waals surface area contributed by atoms with E-state index in [0.717, 1.165) is 11.3 Å². The van der Waals surface area contributed by atoms with Gasteiger partial charge in [-0.3, -0.25) is 4.79 Å². The summed E-state index contributed by atoms with van der Waals surface area (Å²) in [5.74, 6) is 0.668. The van der Waals surface area contributed by atoms with Crippen LogP contribution in [0, 0.1) is 0 Å². The Labute approximate surface area is 102 Å². The summed E-state index contributed by atoms with van der Waals surface area (Å²) in [6.45, 7) is 3.96. The Kier molecular flexibility index (Phi) is 4.52. The molecule has 0 atom stereocenters. The first-order valence-corrected chi connectivity index (χ1v) is 5.44. The highest BCUT2D eigenvalue weighted by Crippen LogP contribution is 2.22. The van der Waals surface area contributed by atoms with Crippen LogP contribution in [0.1, 0.15) is 19.4 Å². The van der Waals surface area contributed by atoms with E-state index in [4.69, 9.17) is 9.47 Å². The first-order chi connectivity index (χ1) is 7.99. The fourth-order valence-corrected chi connectivity index (χ4v) is 1.60. The minimum Gasteiger partial charge on any atom is -0.497 e. The summed E-state index contributed by atoms with van der Waals surface area (Å²) in [6, 6.07) is 7.62. The van der Waals surface area contributed by atoms with Gasteiger partial charge in [0.1, 0.15) is 12.4 Å². The van der Waals surface area contributed by atoms with Crippen LogP contribution in [-0.2, 0) is 15.1 Å². The molecular weight excluding hydrogens is 218 g/mol. The second-order valence-electron chi connectivity index (χ2n) is 4.33. The largest absolute Gasteiger partial charge is 0.497 e. The molecule has 1 aromatic carbocycles. The summed E-state index contributed by atoms with van der Waals surface area (Å²) in [4.78, 5) is 11.5. The molecular formula is C13H19NO3. The summed E-state index contributed by atoms with van der Waals surface area (Å²) in [5.41, 5.74) is 0.588. The highest BCUT2D eigenvalue weighted by Gasteiger charge is 2.22. The standard InChI is InChI=1S/C13H19NO3/c1-13(2,14-12(15)9-16-3)10-5-7-11(17-4)8-6-10/h5-8H,9H2,1-4H3,(H,14,15). The first-order valence-electron chi connectivity index (χ1n) is 5.44. The van der Waals surface area contributed by atoms with Crippen molar-refractivity contribution < 1.29 is 14.3 Å². The molecule has 0 aliphatic carbocycles. The Hall–Kier alpha value is -1.55. The van der Waals surface area contributed by atoms with E-state index in [1.165, 1.54) is 7.11 Å². The van der Waals surface area contributed by atoms with Gasteiger partial charge in [0.25, 0.3) is 0 Å². The Morgan fingerprint density at radius 3 is 2.29 bits per heavy atom. The fraction of sp³-hybridized carbons (Fsp3) is 0.462. The van der Waals surface area contributed by atoms with Gasteiger partial charge in [-0.15, -0.1) is 0 Å². The maximum atomic E-state index is 11.5. The molecule has 1 rings (SSSR count). The Morgan fingerprint density at radius 1 is 1.24 bits per heavy atom. The number of amides is 1. The van der Waals surface area contributed by atoms with Gasteiger partial charge in [0, 0.05) is 7.11 Å². The molecule has 0 saturated heterocycles. The molecule has 1 N–H and O–H groups in total. The molecule has 17 heavy (non-hydrogen) atoms. The number of carbonyl (C=O) groups excluding carboxylic acids is 1. The van der Waals surface area contributed by atoms with E-state index in [0.29, 0.717) is 0 Å². The van der Waals surface area contributed by atoms with Crippen LogP contribution in [0.25, 0.3) is 0 Å². The van der Waals surface area contributed by atoms with Crippen molar-refractivity contribution in [2.75, 3.05) is 20.8 Å². The van der Waals surface area contributed by atoms with Crippen LogP contribution >= 0.6 is 0 Å². The predicted molar refractivity (Wildman–Crippen MR) is 66.0 cm³/mol. The third-order valence-corrected chi connectivity index (χ3v) is 2.54. The Bertz CT molecular complexity index is 371. The van der Waals surface area contributed by atoms with E-state index in [2.05, 4.69) is 5.32 Å². The van der Waals surface area contributed by atoms with Gasteiger partial charge in [0.15, 0.2) is 0 Å². The maximum absolute atomic E-state index is 11.5. The summed E-state index contributed by atoms with van der Waals surface area (Å²) in [6.07, 6.45) is 0. The second-order valence-corrected chi connectivity index (χ2v) is 4.33. The van der Waals surface area contributed by atoms with Crippen molar-refractivity contribution in [2.45, 2.75) is 19.4 Å². The first kappa shape index (κ1) is 13.5. The van der Waals surface area contributed by atoms with Crippen LogP contribution in [0.2, 0.25) is 0 Å². The zero-order chi connectivity index (χ0) is 12.9. The molecule has 0 heterocycles. The summed E-state index contributed by atoms with van der Waals surface area (Å²) < 4.78 is 9.88. The van der Waals surface area contributed by atoms with E-state index < -0.39 is 5.54 Å². The number of nitrogens with one attached hydrogen (secondary N) is 1. The minimum absolute atomic E-state index is 0.0690. The Balaban J connectivity index is 2.77. The lowest BCUT2D eigenvalue weighted by molar-refractivity contribution is -0.126. The zero-order valence-electron chi connectivity index (χ0n) is 10.7. The lowest BCUT2D eigenvalue weighted by Crippen LogP contribution is -2.42. The van der Waals surface area contributed by atoms with Crippen molar-refractivity contribution in [3.63, 3.8) is 0 Å². The number of carbonyl (C=O) groups is 1. The molecule has 0 bridgehead atoms. The number of benzene rings is 1. The van der Waals surface area contributed by atoms with Gasteiger partial charge < -0.3 is 14.8 Å². The van der Waals surface area contributed by atoms with Gasteiger partial charge >= 0.3 is 0 Å². The van der Waals surface area contributed by atoms with Gasteiger partial charge in [0.2, 0.25) is 5.91 Å². The van der Waals surface area contributed by atoms with Crippen LogP contribution in [0.3, 0.4) is 0 Å². The monoisotopic (exact) mass is 237 g/mol. The molecule has 4 nitrogen and oxygen atoms in total. The van der Waals surface area contributed by atoms with Crippen molar-refractivity contribution in [3.05, 3.63) is 29.8 Å². The summed E-state index contributed by atoms with van der Waals surface area (Å²) in [7, 11) is 3.13. The zero-order valence-corrected chi connectivity index (χ0v) is 10.7. The smallest absolute Gasteiger partial charge is 0.246 e. The molecule has 1 aromatic rings. The number of methoxy groups -OCH3 is 2. The molecule has 4 heteroatoms. The molecule has 0 aliphatic heterocycles. The van der Waals surface area contributed by atoms with Gasteiger partial charge in [-0.1, -0.05) is 12.1 Å². The average molecular weight is 237 g/mol. The number of rotatable bonds is 5. The van der Waals surface area contributed by atoms with Crippen molar-refractivity contribution >= 4 is 5.91 Å². The maximum Gasteiger partial charge on any atom is 0.246 e. The molecule has 0 fully saturated rings. The molecule has 0 radical (unpaired) electrons. The molecule has 0 aliphatic rings. The highest BCUT2D eigenvalue weighted by molar-refractivity contribution is 5.78. The number of hydrogen-bond acceptors (Lipinski definition) is 3. The SMILES string of the molecule is COCC(=O)NC(C)(C)c1ccc(OC)cc1. The van der Waals surface area contributed by atoms with Crippen molar-refractivity contribution in [1.29, 1.82) is 0 Å². The third kappa shape index (κ3) is 3.75. The Morgan fingerprint density at radius 2 is 1.82 bits per heavy atom. The molecule has 94 valence electrons. The van der Waals surface area contributed by atoms with E-state index in [1.54, 1.807) is 7.11 Å². The van der Waals surface area contributed by atoms with E-state index in [1.807, 2.05) is 38.1 Å². The van der Waals surface area contributed by atoms with Crippen LogP contribution in [0.4, 0.5) is 0 Å². The molecule has 0 aromatic heterocycles. The second kappa shape index (κ2) is 5.68. The highest BCUT2D eigenvalue weighted by atomic mass is 16.5. The number of ether oxygens (including phenoxy) is 2. The minimum atomic E-state index is -0.429. The van der Waals surface area contributed by atoms with Crippen LogP contribution < -0.4 is 10.1 Å². The lowest BCUT2D eigenvalue weighted by atomic mass is 9.94. The summed E-state index contributed by atoms with van der Waals surface area (Å²) >= 11 is 0. The van der Waals surface area contributed by atoms with Crippen LogP contribution in [0.15, 0.2) is 24.3 Å². The third-order valence-electron chi connectivity index (χ3n) is 2.54. The molecule has 0 saturated carbocycles. The van der Waals surface area contributed by atoms with E-state index in [-0.39, 0.29) is 12.5 Å². The fourth-order valence-electron chi connectivity index (χ4n) is 1.60. The van der Waals surface area contributed by atoms with E-state index >= 15 is 0 Å². The quantitative estimate of drug-likeness (QED) is 0.847. The van der Waals surface area contributed by atoms with Crippen LogP contribution in [-0.4, -0.2) is 26.7 Å². The van der Waals surface area contributed by atoms with Gasteiger partial charge in [-0.2, -0.15) is 0 Å². The normalized spacial score (nSPS) is 11.1. The molecule has 1 amide bonds. The lowest BCUT2D eigenvalue weighted by Gasteiger charge is -2.27. The van der Waals surface area contributed by atoms with Crippen molar-refractivity contribution in [2.24, 2.45) is 0 Å². The predicted octanol–water partition coefficient (Wildman–Crippen LogP) is 1.69. The van der Waals surface area contributed by atoms with Crippen molar-refractivity contribution in [1.82, 2.24) is 5.32 Å². The van der Waals surface area contributed by atoms with Gasteiger partial charge in [-0.25, -0.2) is 0 Å². The van der Waals surface area contributed by atoms with Crippen LogP contribution in [0.5, 0.6) is 5.75 Å². The topological polar surface area (TPSA) is 47.6 Å². The van der Waals surface area contributed by atoms with Gasteiger partial charge in [-0.05, 0) is 31.5 Å². The molecule has 0 spiro atoms. The number of hydrogen-bond donors (Lipinski definition) is 1. The average Bonchev–Trinajstić information content (AvgIpc) is 2.28. The van der Waals surface area contributed by atoms with E-state index in [9.17, 15) is 4.79 Å². The van der Waals surface area contributed by atoms with Gasteiger partial charge in [0.05, 0.1) is 12.6 Å². The molecule has 0 unspecified atom stereocenters. The van der Waals surface area contributed by atoms with Crippen molar-refractivity contribution in [3.8, 4) is 5.75 Å².